The number of hydrogen-bond acceptors (Lipinski definition) is 4. The van der Waals surface area contributed by atoms with E-state index in [2.05, 4.69) is 12.2 Å². The van der Waals surface area contributed by atoms with Gasteiger partial charge >= 0.3 is 0 Å². The molecule has 0 fully saturated rings. The maximum absolute atomic E-state index is 10.6. The standard InChI is InChI=1S/C18H37NO.C4H11NO2/c1-2-3-4-5-6-7-8-9-10-11-12-13-14-15-16-17-18(19)20;6-3-1-5-2-4-7/h2-17H2,1H3,(H2,19,20);5-7H,1-4H2. The summed E-state index contributed by atoms with van der Waals surface area (Å²) in [5.41, 5.74) is 5.11. The lowest BCUT2D eigenvalue weighted by Crippen LogP contribution is -2.21. The van der Waals surface area contributed by atoms with E-state index in [1.807, 2.05) is 0 Å². The molecule has 1 amide bonds. The molecule has 0 atom stereocenters. The second kappa shape index (κ2) is 27.6. The zero-order valence-corrected chi connectivity index (χ0v) is 18.0. The van der Waals surface area contributed by atoms with Crippen molar-refractivity contribution in [1.29, 1.82) is 0 Å². The molecule has 27 heavy (non-hydrogen) atoms. The first-order valence-electron chi connectivity index (χ1n) is 11.4. The third-order valence-electron chi connectivity index (χ3n) is 4.60. The van der Waals surface area contributed by atoms with Crippen molar-refractivity contribution in [2.45, 2.75) is 110 Å². The Hall–Kier alpha value is -0.650. The minimum atomic E-state index is -0.153. The van der Waals surface area contributed by atoms with Crippen LogP contribution in [0.1, 0.15) is 110 Å². The van der Waals surface area contributed by atoms with E-state index < -0.39 is 0 Å². The third kappa shape index (κ3) is 33.4. The van der Waals surface area contributed by atoms with Crippen LogP contribution in [-0.4, -0.2) is 42.4 Å². The Labute approximate surface area is 168 Å². The summed E-state index contributed by atoms with van der Waals surface area (Å²) < 4.78 is 0. The maximum atomic E-state index is 10.6. The molecule has 164 valence electrons. The van der Waals surface area contributed by atoms with Crippen LogP contribution in [-0.2, 0) is 4.79 Å². The van der Waals surface area contributed by atoms with E-state index >= 15 is 0 Å². The summed E-state index contributed by atoms with van der Waals surface area (Å²) in [6.07, 6.45) is 20.9. The maximum Gasteiger partial charge on any atom is 0.217 e. The number of nitrogens with two attached hydrogens (primary N) is 1. The summed E-state index contributed by atoms with van der Waals surface area (Å²) >= 11 is 0. The van der Waals surface area contributed by atoms with Gasteiger partial charge in [-0.3, -0.25) is 4.79 Å². The van der Waals surface area contributed by atoms with Crippen molar-refractivity contribution in [3.63, 3.8) is 0 Å². The van der Waals surface area contributed by atoms with Crippen LogP contribution >= 0.6 is 0 Å². The SMILES string of the molecule is CCCCCCCCCCCCCCCCCC(N)=O.OCCNCCO. The first kappa shape index (κ1) is 28.6. The smallest absolute Gasteiger partial charge is 0.217 e. The fraction of sp³-hybridized carbons (Fsp3) is 0.955. The highest BCUT2D eigenvalue weighted by atomic mass is 16.3. The number of aliphatic hydroxyl groups excluding tert-OH is 2. The summed E-state index contributed by atoms with van der Waals surface area (Å²) in [6.45, 7) is 3.69. The Balaban J connectivity index is 0. The number of unbranched alkanes of at least 4 members (excludes halogenated alkanes) is 14. The molecule has 0 radical (unpaired) electrons. The van der Waals surface area contributed by atoms with E-state index in [-0.39, 0.29) is 19.1 Å². The van der Waals surface area contributed by atoms with E-state index in [0.29, 0.717) is 19.5 Å². The van der Waals surface area contributed by atoms with Crippen LogP contribution in [0.25, 0.3) is 0 Å². The predicted molar refractivity (Wildman–Crippen MR) is 116 cm³/mol. The molecule has 5 heteroatoms. The topological polar surface area (TPSA) is 95.6 Å². The highest BCUT2D eigenvalue weighted by Crippen LogP contribution is 2.13. The zero-order chi connectivity index (χ0) is 20.4. The average molecular weight is 389 g/mol. The minimum absolute atomic E-state index is 0.139. The van der Waals surface area contributed by atoms with Crippen LogP contribution in [0.5, 0.6) is 0 Å². The fourth-order valence-electron chi connectivity index (χ4n) is 2.95. The number of rotatable bonds is 20. The Bertz CT molecular complexity index is 272. The monoisotopic (exact) mass is 388 g/mol. The van der Waals surface area contributed by atoms with Crippen LogP contribution in [0.4, 0.5) is 0 Å². The van der Waals surface area contributed by atoms with E-state index in [1.54, 1.807) is 0 Å². The largest absolute Gasteiger partial charge is 0.395 e. The molecule has 0 aliphatic carbocycles. The van der Waals surface area contributed by atoms with Gasteiger partial charge in [-0.2, -0.15) is 0 Å². The lowest BCUT2D eigenvalue weighted by molar-refractivity contribution is -0.118. The summed E-state index contributed by atoms with van der Waals surface area (Å²) in [6, 6.07) is 0. The molecular weight excluding hydrogens is 340 g/mol. The number of nitrogens with one attached hydrogen (secondary N) is 1. The van der Waals surface area contributed by atoms with Crippen LogP contribution < -0.4 is 11.1 Å². The minimum Gasteiger partial charge on any atom is -0.395 e. The van der Waals surface area contributed by atoms with Gasteiger partial charge in [0.2, 0.25) is 5.91 Å². The van der Waals surface area contributed by atoms with Crippen molar-refractivity contribution in [2.24, 2.45) is 5.73 Å². The number of amides is 1. The Morgan fingerprint density at radius 1 is 0.667 bits per heavy atom. The lowest BCUT2D eigenvalue weighted by Gasteiger charge is -2.03. The van der Waals surface area contributed by atoms with Crippen molar-refractivity contribution in [3.8, 4) is 0 Å². The van der Waals surface area contributed by atoms with Crippen LogP contribution in [0.3, 0.4) is 0 Å². The molecule has 0 saturated carbocycles. The molecule has 0 aliphatic heterocycles. The highest BCUT2D eigenvalue weighted by Gasteiger charge is 1.96. The molecule has 0 aliphatic rings. The number of carbonyl (C=O) groups excluding carboxylic acids is 1. The molecule has 5 N–H and O–H groups in total. The second-order valence-electron chi connectivity index (χ2n) is 7.36. The second-order valence-corrected chi connectivity index (χ2v) is 7.36. The first-order valence-corrected chi connectivity index (χ1v) is 11.4. The van der Waals surface area contributed by atoms with Gasteiger partial charge in [0.15, 0.2) is 0 Å². The van der Waals surface area contributed by atoms with Crippen LogP contribution in [0.2, 0.25) is 0 Å². The van der Waals surface area contributed by atoms with Gasteiger partial charge in [0.1, 0.15) is 0 Å². The van der Waals surface area contributed by atoms with E-state index in [9.17, 15) is 4.79 Å². The van der Waals surface area contributed by atoms with Gasteiger partial charge in [0, 0.05) is 19.5 Å². The Kier molecular flexibility index (Phi) is 29.2. The van der Waals surface area contributed by atoms with Gasteiger partial charge in [-0.1, -0.05) is 96.8 Å². The molecule has 0 heterocycles. The van der Waals surface area contributed by atoms with Gasteiger partial charge in [0.05, 0.1) is 13.2 Å². The van der Waals surface area contributed by atoms with Gasteiger partial charge < -0.3 is 21.3 Å². The van der Waals surface area contributed by atoms with E-state index in [1.165, 1.54) is 89.9 Å². The first-order chi connectivity index (χ1) is 13.2. The molecule has 0 unspecified atom stereocenters. The quantitative estimate of drug-likeness (QED) is 0.234. The number of aliphatic hydroxyl groups is 2. The average Bonchev–Trinajstić information content (AvgIpc) is 2.65. The van der Waals surface area contributed by atoms with Gasteiger partial charge in [0.25, 0.3) is 0 Å². The molecule has 0 spiro atoms. The zero-order valence-electron chi connectivity index (χ0n) is 18.0. The lowest BCUT2D eigenvalue weighted by atomic mass is 10.0. The number of carbonyl (C=O) groups is 1. The summed E-state index contributed by atoms with van der Waals surface area (Å²) in [5, 5.41) is 19.1. The molecule has 0 aromatic heterocycles. The van der Waals surface area contributed by atoms with E-state index in [4.69, 9.17) is 15.9 Å². The van der Waals surface area contributed by atoms with Crippen molar-refractivity contribution in [2.75, 3.05) is 26.3 Å². The van der Waals surface area contributed by atoms with Gasteiger partial charge in [-0.05, 0) is 6.42 Å². The van der Waals surface area contributed by atoms with Crippen molar-refractivity contribution >= 4 is 5.91 Å². The summed E-state index contributed by atoms with van der Waals surface area (Å²) in [4.78, 5) is 10.6. The third-order valence-corrected chi connectivity index (χ3v) is 4.60. The van der Waals surface area contributed by atoms with Gasteiger partial charge in [-0.25, -0.2) is 0 Å². The molecule has 0 saturated heterocycles. The molecule has 0 bridgehead atoms. The normalized spacial score (nSPS) is 10.5. The Morgan fingerprint density at radius 2 is 1.00 bits per heavy atom. The Morgan fingerprint density at radius 3 is 1.30 bits per heavy atom. The van der Waals surface area contributed by atoms with Crippen LogP contribution in [0, 0.1) is 0 Å². The van der Waals surface area contributed by atoms with Crippen molar-refractivity contribution < 1.29 is 15.0 Å². The van der Waals surface area contributed by atoms with E-state index in [0.717, 1.165) is 6.42 Å². The van der Waals surface area contributed by atoms with Gasteiger partial charge in [-0.15, -0.1) is 0 Å². The summed E-state index contributed by atoms with van der Waals surface area (Å²) in [5.74, 6) is -0.153. The number of hydrogen-bond donors (Lipinski definition) is 4. The molecule has 0 aromatic carbocycles. The van der Waals surface area contributed by atoms with Crippen molar-refractivity contribution in [1.82, 2.24) is 5.32 Å². The summed E-state index contributed by atoms with van der Waals surface area (Å²) in [7, 11) is 0. The highest BCUT2D eigenvalue weighted by molar-refractivity contribution is 5.73. The fourth-order valence-corrected chi connectivity index (χ4v) is 2.95. The molecule has 5 nitrogen and oxygen atoms in total. The predicted octanol–water partition coefficient (Wildman–Crippen LogP) is 4.29. The van der Waals surface area contributed by atoms with Crippen molar-refractivity contribution in [3.05, 3.63) is 0 Å². The van der Waals surface area contributed by atoms with Crippen LogP contribution in [0.15, 0.2) is 0 Å². The number of primary amides is 1. The molecule has 0 rings (SSSR count). The molecule has 0 aromatic rings. The molecular formula is C22H48N2O3.